The summed E-state index contributed by atoms with van der Waals surface area (Å²) in [5.74, 6) is -0.803. The molecule has 0 aliphatic heterocycles. The lowest BCUT2D eigenvalue weighted by Crippen LogP contribution is -1.89. The van der Waals surface area contributed by atoms with E-state index in [0.717, 1.165) is 10.5 Å². The summed E-state index contributed by atoms with van der Waals surface area (Å²) in [5, 5.41) is 8.59. The van der Waals surface area contributed by atoms with Gasteiger partial charge in [-0.2, -0.15) is 0 Å². The van der Waals surface area contributed by atoms with Crippen LogP contribution in [-0.2, 0) is 4.79 Å². The van der Waals surface area contributed by atoms with E-state index in [1.807, 2.05) is 0 Å². The number of hydrogen-bond donors (Lipinski definition) is 1. The Morgan fingerprint density at radius 2 is 1.95 bits per heavy atom. The third kappa shape index (κ3) is 4.68. The largest absolute Gasteiger partial charge is 0.478 e. The number of benzene rings is 2. The van der Waals surface area contributed by atoms with Gasteiger partial charge in [0.05, 0.1) is 4.47 Å². The van der Waals surface area contributed by atoms with Crippen LogP contribution in [0.2, 0.25) is 0 Å². The number of halogens is 3. The molecular weight excluding hydrogens is 407 g/mol. The Balaban J connectivity index is 2.29. The molecule has 0 heterocycles. The van der Waals surface area contributed by atoms with E-state index < -0.39 is 11.8 Å². The van der Waals surface area contributed by atoms with Crippen LogP contribution in [0.4, 0.5) is 4.39 Å². The highest BCUT2D eigenvalue weighted by Gasteiger charge is 2.06. The minimum Gasteiger partial charge on any atom is -0.478 e. The van der Waals surface area contributed by atoms with Gasteiger partial charge >= 0.3 is 5.97 Å². The smallest absolute Gasteiger partial charge is 0.328 e. The first-order valence-electron chi connectivity index (χ1n) is 5.78. The van der Waals surface area contributed by atoms with Gasteiger partial charge in [0.1, 0.15) is 17.3 Å². The third-order valence-corrected chi connectivity index (χ3v) is 3.55. The lowest BCUT2D eigenvalue weighted by atomic mass is 10.2. The van der Waals surface area contributed by atoms with E-state index in [0.29, 0.717) is 15.8 Å². The Morgan fingerprint density at radius 3 is 2.62 bits per heavy atom. The maximum absolute atomic E-state index is 13.5. The van der Waals surface area contributed by atoms with Crippen LogP contribution < -0.4 is 4.74 Å². The normalized spacial score (nSPS) is 10.8. The van der Waals surface area contributed by atoms with Crippen molar-refractivity contribution in [2.24, 2.45) is 0 Å². The number of hydrogen-bond acceptors (Lipinski definition) is 2. The van der Waals surface area contributed by atoms with Crippen molar-refractivity contribution in [1.29, 1.82) is 0 Å². The van der Waals surface area contributed by atoms with Gasteiger partial charge in [0.25, 0.3) is 0 Å². The molecule has 0 unspecified atom stereocenters. The number of carboxylic acids is 1. The van der Waals surface area contributed by atoms with Crippen molar-refractivity contribution in [2.45, 2.75) is 0 Å². The van der Waals surface area contributed by atoms with Gasteiger partial charge < -0.3 is 9.84 Å². The average molecular weight is 416 g/mol. The molecule has 108 valence electrons. The van der Waals surface area contributed by atoms with E-state index in [9.17, 15) is 9.18 Å². The molecule has 0 bridgehead atoms. The molecule has 2 aromatic rings. The molecule has 0 saturated carbocycles. The van der Waals surface area contributed by atoms with Crippen molar-refractivity contribution < 1.29 is 19.0 Å². The maximum Gasteiger partial charge on any atom is 0.328 e. The molecule has 21 heavy (non-hydrogen) atoms. The number of ether oxygens (including phenoxy) is 1. The first-order chi connectivity index (χ1) is 9.94. The minimum absolute atomic E-state index is 0.281. The van der Waals surface area contributed by atoms with Crippen LogP contribution in [-0.4, -0.2) is 11.1 Å². The van der Waals surface area contributed by atoms with Crippen molar-refractivity contribution in [3.63, 3.8) is 0 Å². The highest BCUT2D eigenvalue weighted by molar-refractivity contribution is 9.11. The molecule has 0 aliphatic rings. The predicted molar refractivity (Wildman–Crippen MR) is 85.0 cm³/mol. The Hall–Kier alpha value is -1.66. The molecule has 2 rings (SSSR count). The maximum atomic E-state index is 13.5. The van der Waals surface area contributed by atoms with Crippen LogP contribution in [0, 0.1) is 5.82 Å². The zero-order valence-electron chi connectivity index (χ0n) is 10.5. The third-order valence-electron chi connectivity index (χ3n) is 2.43. The van der Waals surface area contributed by atoms with Crippen molar-refractivity contribution in [1.82, 2.24) is 0 Å². The van der Waals surface area contributed by atoms with Gasteiger partial charge in [0.15, 0.2) is 0 Å². The van der Waals surface area contributed by atoms with Gasteiger partial charge in [-0.25, -0.2) is 9.18 Å². The molecular formula is C15H9Br2FO3. The molecule has 1 N–H and O–H groups in total. The lowest BCUT2D eigenvalue weighted by Gasteiger charge is -2.09. The molecule has 0 spiro atoms. The SMILES string of the molecule is O=C(O)/C=C/c1cc(F)cc(Oc2ccc(Br)cc2Br)c1. The summed E-state index contributed by atoms with van der Waals surface area (Å²) in [4.78, 5) is 10.5. The van der Waals surface area contributed by atoms with Gasteiger partial charge in [0, 0.05) is 16.6 Å². The van der Waals surface area contributed by atoms with Crippen LogP contribution in [0.3, 0.4) is 0 Å². The molecule has 0 saturated heterocycles. The van der Waals surface area contributed by atoms with E-state index in [1.165, 1.54) is 18.2 Å². The summed E-state index contributed by atoms with van der Waals surface area (Å²) in [6, 6.07) is 9.34. The molecule has 0 fully saturated rings. The molecule has 3 nitrogen and oxygen atoms in total. The number of carbonyl (C=O) groups is 1. The molecule has 0 amide bonds. The number of carboxylic acid groups (broad SMARTS) is 1. The van der Waals surface area contributed by atoms with E-state index in [-0.39, 0.29) is 5.75 Å². The summed E-state index contributed by atoms with van der Waals surface area (Å²) in [6.07, 6.45) is 2.24. The summed E-state index contributed by atoms with van der Waals surface area (Å²) in [7, 11) is 0. The topological polar surface area (TPSA) is 46.5 Å². The highest BCUT2D eigenvalue weighted by Crippen LogP contribution is 2.32. The van der Waals surface area contributed by atoms with Crippen LogP contribution in [0.5, 0.6) is 11.5 Å². The van der Waals surface area contributed by atoms with Crippen molar-refractivity contribution in [2.75, 3.05) is 0 Å². The Labute approximate surface area is 137 Å². The monoisotopic (exact) mass is 414 g/mol. The quantitative estimate of drug-likeness (QED) is 0.694. The van der Waals surface area contributed by atoms with E-state index in [1.54, 1.807) is 24.3 Å². The fourth-order valence-electron chi connectivity index (χ4n) is 1.59. The molecule has 2 aromatic carbocycles. The van der Waals surface area contributed by atoms with Crippen LogP contribution in [0.15, 0.2) is 51.4 Å². The van der Waals surface area contributed by atoms with Crippen molar-refractivity contribution >= 4 is 43.9 Å². The second-order valence-electron chi connectivity index (χ2n) is 4.07. The predicted octanol–water partition coefficient (Wildman–Crippen LogP) is 5.24. The fourth-order valence-corrected chi connectivity index (χ4v) is 2.72. The van der Waals surface area contributed by atoms with E-state index >= 15 is 0 Å². The summed E-state index contributed by atoms with van der Waals surface area (Å²) < 4.78 is 20.7. The van der Waals surface area contributed by atoms with Gasteiger partial charge in [-0.05, 0) is 57.9 Å². The van der Waals surface area contributed by atoms with Gasteiger partial charge in [-0.1, -0.05) is 15.9 Å². The highest BCUT2D eigenvalue weighted by atomic mass is 79.9. The lowest BCUT2D eigenvalue weighted by molar-refractivity contribution is -0.131. The molecule has 0 atom stereocenters. The molecule has 0 aromatic heterocycles. The summed E-state index contributed by atoms with van der Waals surface area (Å²) >= 11 is 6.68. The van der Waals surface area contributed by atoms with Crippen LogP contribution in [0.1, 0.15) is 5.56 Å². The number of rotatable bonds is 4. The van der Waals surface area contributed by atoms with Crippen LogP contribution in [0.25, 0.3) is 6.08 Å². The zero-order chi connectivity index (χ0) is 15.4. The molecule has 0 radical (unpaired) electrons. The van der Waals surface area contributed by atoms with Crippen molar-refractivity contribution in [3.05, 3.63) is 62.8 Å². The molecule has 6 heteroatoms. The number of aliphatic carboxylic acids is 1. The fraction of sp³-hybridized carbons (Fsp3) is 0. The van der Waals surface area contributed by atoms with Gasteiger partial charge in [0.2, 0.25) is 0 Å². The van der Waals surface area contributed by atoms with Crippen LogP contribution >= 0.6 is 31.9 Å². The summed E-state index contributed by atoms with van der Waals surface area (Å²) in [6.45, 7) is 0. The second kappa shape index (κ2) is 6.87. The first-order valence-corrected chi connectivity index (χ1v) is 7.37. The van der Waals surface area contributed by atoms with Gasteiger partial charge in [-0.15, -0.1) is 0 Å². The Morgan fingerprint density at radius 1 is 1.19 bits per heavy atom. The second-order valence-corrected chi connectivity index (χ2v) is 5.84. The van der Waals surface area contributed by atoms with Gasteiger partial charge in [-0.3, -0.25) is 0 Å². The first kappa shape index (κ1) is 15.7. The Bertz CT molecular complexity index is 714. The average Bonchev–Trinajstić information content (AvgIpc) is 2.39. The standard InChI is InChI=1S/C15H9Br2FO3/c16-10-2-3-14(13(17)7-10)21-12-6-9(1-4-15(19)20)5-11(18)8-12/h1-8H,(H,19,20)/b4-1+. The zero-order valence-corrected chi connectivity index (χ0v) is 13.7. The summed E-state index contributed by atoms with van der Waals surface area (Å²) in [5.41, 5.74) is 0.403. The Kier molecular flexibility index (Phi) is 5.14. The molecule has 0 aliphatic carbocycles. The van der Waals surface area contributed by atoms with E-state index in [2.05, 4.69) is 31.9 Å². The minimum atomic E-state index is -1.10. The van der Waals surface area contributed by atoms with E-state index in [4.69, 9.17) is 9.84 Å². The van der Waals surface area contributed by atoms with Crippen molar-refractivity contribution in [3.8, 4) is 11.5 Å².